The molecular weight excluding hydrogens is 543 g/mol. The topological polar surface area (TPSA) is 106 Å². The smallest absolute Gasteiger partial charge is 0.415 e. The number of nitrogens with zero attached hydrogens (tertiary/aromatic N) is 2. The molecule has 1 N–H and O–H groups in total. The number of carbonyl (C=O) groups excluding carboxylic acids is 2. The van der Waals surface area contributed by atoms with E-state index in [0.717, 1.165) is 29.5 Å². The van der Waals surface area contributed by atoms with Gasteiger partial charge in [-0.1, -0.05) is 11.6 Å². The first kappa shape index (κ1) is 27.4. The molecule has 3 aromatic rings. The van der Waals surface area contributed by atoms with E-state index in [1.807, 2.05) is 0 Å². The third-order valence-electron chi connectivity index (χ3n) is 4.55. The van der Waals surface area contributed by atoms with Crippen molar-refractivity contribution in [3.8, 4) is 0 Å². The maximum absolute atomic E-state index is 15.1. The van der Waals surface area contributed by atoms with Crippen LogP contribution in [0.1, 0.15) is 36.7 Å². The maximum Gasteiger partial charge on any atom is 0.415 e. The number of anilines is 2. The molecule has 0 saturated carbocycles. The van der Waals surface area contributed by atoms with E-state index in [1.165, 1.54) is 31.7 Å². The molecule has 2 aromatic carbocycles. The third kappa shape index (κ3) is 6.15. The summed E-state index contributed by atoms with van der Waals surface area (Å²) in [6, 6.07) is 2.88. The number of carbonyl (C=O) groups is 2. The number of ether oxygens (including phenoxy) is 1. The first-order chi connectivity index (χ1) is 16.7. The van der Waals surface area contributed by atoms with Gasteiger partial charge in [0.2, 0.25) is 0 Å². The summed E-state index contributed by atoms with van der Waals surface area (Å²) in [7, 11) is -4.47. The Labute approximate surface area is 213 Å². The van der Waals surface area contributed by atoms with Gasteiger partial charge in [-0.2, -0.15) is 0 Å². The molecule has 0 unspecified atom stereocenters. The highest BCUT2D eigenvalue weighted by atomic mass is 35.5. The molecule has 192 valence electrons. The third-order valence-corrected chi connectivity index (χ3v) is 6.81. The Bertz CT molecular complexity index is 1410. The summed E-state index contributed by atoms with van der Waals surface area (Å²) in [6.07, 6.45) is -1.07. The van der Waals surface area contributed by atoms with Crippen LogP contribution in [0.25, 0.3) is 0 Å². The summed E-state index contributed by atoms with van der Waals surface area (Å²) in [5, 5.41) is 0.957. The van der Waals surface area contributed by atoms with Crippen LogP contribution in [-0.2, 0) is 21.3 Å². The number of aromatic nitrogens is 1. The molecule has 1 amide bonds. The molecule has 0 saturated heterocycles. The van der Waals surface area contributed by atoms with Crippen LogP contribution >= 0.6 is 22.9 Å². The van der Waals surface area contributed by atoms with Gasteiger partial charge in [0.25, 0.3) is 10.0 Å². The molecule has 0 radical (unpaired) electrons. The molecule has 1 aromatic heterocycles. The highest BCUT2D eigenvalue weighted by molar-refractivity contribution is 7.92. The Morgan fingerprint density at radius 1 is 1.19 bits per heavy atom. The van der Waals surface area contributed by atoms with E-state index in [9.17, 15) is 26.8 Å². The number of aldehydes is 1. The summed E-state index contributed by atoms with van der Waals surface area (Å²) in [5.41, 5.74) is -1.28. The van der Waals surface area contributed by atoms with Crippen molar-refractivity contribution < 1.29 is 35.9 Å². The van der Waals surface area contributed by atoms with E-state index in [2.05, 4.69) is 9.71 Å². The number of amides is 1. The molecule has 0 spiro atoms. The molecule has 0 aliphatic rings. The zero-order valence-electron chi connectivity index (χ0n) is 19.0. The van der Waals surface area contributed by atoms with Gasteiger partial charge in [-0.3, -0.25) is 14.4 Å². The molecule has 3 rings (SSSR count). The average Bonchev–Trinajstić information content (AvgIpc) is 3.26. The van der Waals surface area contributed by atoms with Crippen molar-refractivity contribution in [1.29, 1.82) is 0 Å². The average molecular weight is 562 g/mol. The second-order valence-corrected chi connectivity index (χ2v) is 11.1. The van der Waals surface area contributed by atoms with Crippen molar-refractivity contribution in [3.05, 3.63) is 68.8 Å². The molecule has 0 fully saturated rings. The summed E-state index contributed by atoms with van der Waals surface area (Å²) < 4.78 is 76.5. The first-order valence-corrected chi connectivity index (χ1v) is 12.9. The number of hydrogen-bond acceptors (Lipinski definition) is 7. The van der Waals surface area contributed by atoms with E-state index in [0.29, 0.717) is 11.0 Å². The molecule has 0 aliphatic heterocycles. The lowest BCUT2D eigenvalue weighted by Gasteiger charge is -2.29. The predicted molar refractivity (Wildman–Crippen MR) is 128 cm³/mol. The zero-order chi connectivity index (χ0) is 26.8. The van der Waals surface area contributed by atoms with Crippen LogP contribution in [0.5, 0.6) is 0 Å². The molecule has 0 atom stereocenters. The van der Waals surface area contributed by atoms with Gasteiger partial charge in [-0.25, -0.2) is 31.4 Å². The van der Waals surface area contributed by atoms with Gasteiger partial charge in [-0.15, -0.1) is 11.3 Å². The van der Waals surface area contributed by atoms with Crippen molar-refractivity contribution >= 4 is 56.8 Å². The van der Waals surface area contributed by atoms with E-state index in [-0.39, 0.29) is 12.1 Å². The lowest BCUT2D eigenvalue weighted by molar-refractivity contribution is 0.0576. The van der Waals surface area contributed by atoms with Crippen LogP contribution in [0.3, 0.4) is 0 Å². The summed E-state index contributed by atoms with van der Waals surface area (Å²) >= 11 is 7.36. The number of nitrogens with one attached hydrogen (secondary N) is 1. The minimum atomic E-state index is -4.47. The first-order valence-electron chi connectivity index (χ1n) is 10.1. The lowest BCUT2D eigenvalue weighted by Crippen LogP contribution is -2.37. The highest BCUT2D eigenvalue weighted by Gasteiger charge is 2.30. The summed E-state index contributed by atoms with van der Waals surface area (Å²) in [6.45, 7) is 3.81. The Hall–Kier alpha value is -3.16. The van der Waals surface area contributed by atoms with Gasteiger partial charge in [0.1, 0.15) is 27.9 Å². The number of halogens is 4. The van der Waals surface area contributed by atoms with E-state index < -0.39 is 72.4 Å². The van der Waals surface area contributed by atoms with Gasteiger partial charge in [0, 0.05) is 17.0 Å². The Morgan fingerprint density at radius 3 is 2.44 bits per heavy atom. The number of thiazole rings is 1. The lowest BCUT2D eigenvalue weighted by atomic mass is 10.1. The Balaban J connectivity index is 2.11. The predicted octanol–water partition coefficient (Wildman–Crippen LogP) is 5.77. The second kappa shape index (κ2) is 10.4. The van der Waals surface area contributed by atoms with Gasteiger partial charge in [0.15, 0.2) is 12.1 Å². The van der Waals surface area contributed by atoms with Crippen molar-refractivity contribution in [1.82, 2.24) is 4.98 Å². The van der Waals surface area contributed by atoms with Crippen molar-refractivity contribution in [2.45, 2.75) is 37.8 Å². The number of benzene rings is 2. The van der Waals surface area contributed by atoms with Gasteiger partial charge < -0.3 is 4.74 Å². The van der Waals surface area contributed by atoms with E-state index >= 15 is 4.39 Å². The van der Waals surface area contributed by atoms with E-state index in [4.69, 9.17) is 16.3 Å². The minimum Gasteiger partial charge on any atom is -0.443 e. The standard InChI is InChI=1S/C22H19ClF3N3O5S2/c1-22(2,3)34-21(31)29(8-12-13(9-30)16(25)5-4-15(12)24)18-7-17(26)19(6-14(18)23)36(32,33)28-20-10-35-11-27-20/h4-7,9-11,28H,8H2,1-3H3. The Morgan fingerprint density at radius 2 is 1.86 bits per heavy atom. The molecule has 1 heterocycles. The number of rotatable bonds is 7. The van der Waals surface area contributed by atoms with Gasteiger partial charge >= 0.3 is 6.09 Å². The quantitative estimate of drug-likeness (QED) is 0.367. The normalized spacial score (nSPS) is 11.8. The van der Waals surface area contributed by atoms with Crippen molar-refractivity contribution in [2.75, 3.05) is 9.62 Å². The molecule has 36 heavy (non-hydrogen) atoms. The van der Waals surface area contributed by atoms with Crippen LogP contribution in [-0.4, -0.2) is 31.4 Å². The van der Waals surface area contributed by atoms with Crippen LogP contribution in [0.15, 0.2) is 40.1 Å². The van der Waals surface area contributed by atoms with E-state index in [1.54, 1.807) is 0 Å². The summed E-state index contributed by atoms with van der Waals surface area (Å²) in [4.78, 5) is 28.0. The maximum atomic E-state index is 15.1. The second-order valence-electron chi connectivity index (χ2n) is 8.32. The molecule has 14 heteroatoms. The molecule has 0 bridgehead atoms. The zero-order valence-corrected chi connectivity index (χ0v) is 21.4. The summed E-state index contributed by atoms with van der Waals surface area (Å²) in [5.74, 6) is -3.41. The van der Waals surface area contributed by atoms with Crippen LogP contribution in [0, 0.1) is 17.5 Å². The molecule has 0 aliphatic carbocycles. The number of sulfonamides is 1. The van der Waals surface area contributed by atoms with Gasteiger partial charge in [-0.05, 0) is 39.0 Å². The SMILES string of the molecule is CC(C)(C)OC(=O)N(Cc1c(F)ccc(F)c1C=O)c1cc(F)c(S(=O)(=O)Nc2cscn2)cc1Cl. The van der Waals surface area contributed by atoms with Crippen LogP contribution in [0.4, 0.5) is 29.5 Å². The fourth-order valence-corrected chi connectivity index (χ4v) is 4.98. The fourth-order valence-electron chi connectivity index (χ4n) is 3.01. The molecular formula is C22H19ClF3N3O5S2. The van der Waals surface area contributed by atoms with Crippen LogP contribution < -0.4 is 9.62 Å². The largest absolute Gasteiger partial charge is 0.443 e. The van der Waals surface area contributed by atoms with Crippen LogP contribution in [0.2, 0.25) is 5.02 Å². The fraction of sp³-hybridized carbons (Fsp3) is 0.227. The van der Waals surface area contributed by atoms with Crippen molar-refractivity contribution in [3.63, 3.8) is 0 Å². The van der Waals surface area contributed by atoms with Gasteiger partial charge in [0.05, 0.1) is 28.3 Å². The van der Waals surface area contributed by atoms with Crippen molar-refractivity contribution in [2.24, 2.45) is 0 Å². The highest BCUT2D eigenvalue weighted by Crippen LogP contribution is 2.34. The Kier molecular flexibility index (Phi) is 7.96. The number of hydrogen-bond donors (Lipinski definition) is 1. The molecule has 8 nitrogen and oxygen atoms in total. The minimum absolute atomic E-state index is 0.0436. The monoisotopic (exact) mass is 561 g/mol.